The first-order valence-electron chi connectivity index (χ1n) is 7.18. The first-order chi connectivity index (χ1) is 10.9. The van der Waals surface area contributed by atoms with Crippen LogP contribution < -0.4 is 10.0 Å². The molecule has 2 atom stereocenters. The Kier molecular flexibility index (Phi) is 5.46. The van der Waals surface area contributed by atoms with Gasteiger partial charge in [0.1, 0.15) is 0 Å². The van der Waals surface area contributed by atoms with Crippen molar-refractivity contribution in [3.8, 4) is 0 Å². The second-order valence-electron chi connectivity index (χ2n) is 5.17. The highest BCUT2D eigenvalue weighted by Gasteiger charge is 2.22. The maximum absolute atomic E-state index is 12.2. The number of rotatable bonds is 6. The lowest BCUT2D eigenvalue weighted by Crippen LogP contribution is -2.45. The molecule has 23 heavy (non-hydrogen) atoms. The van der Waals surface area contributed by atoms with E-state index in [1.807, 2.05) is 6.92 Å². The molecule has 0 spiro atoms. The lowest BCUT2D eigenvalue weighted by molar-refractivity contribution is -0.123. The first kappa shape index (κ1) is 17.1. The Hall–Kier alpha value is -2.25. The van der Waals surface area contributed by atoms with E-state index in [1.54, 1.807) is 42.7 Å². The second-order valence-corrected chi connectivity index (χ2v) is 6.88. The van der Waals surface area contributed by atoms with Crippen LogP contribution in [0, 0.1) is 0 Å². The predicted molar refractivity (Wildman–Crippen MR) is 87.0 cm³/mol. The van der Waals surface area contributed by atoms with Crippen molar-refractivity contribution < 1.29 is 13.2 Å². The van der Waals surface area contributed by atoms with E-state index >= 15 is 0 Å². The molecule has 122 valence electrons. The fourth-order valence-corrected chi connectivity index (χ4v) is 3.25. The van der Waals surface area contributed by atoms with Crippen LogP contribution in [-0.4, -0.2) is 25.4 Å². The molecule has 0 bridgehead atoms. The molecular formula is C16H19N3O3S. The van der Waals surface area contributed by atoms with Gasteiger partial charge in [-0.3, -0.25) is 9.78 Å². The zero-order valence-electron chi connectivity index (χ0n) is 12.9. The van der Waals surface area contributed by atoms with Gasteiger partial charge >= 0.3 is 0 Å². The largest absolute Gasteiger partial charge is 0.348 e. The van der Waals surface area contributed by atoms with Crippen LogP contribution in [0.25, 0.3) is 0 Å². The van der Waals surface area contributed by atoms with Gasteiger partial charge in [-0.1, -0.05) is 18.2 Å². The fraction of sp³-hybridized carbons (Fsp3) is 0.250. The van der Waals surface area contributed by atoms with Crippen molar-refractivity contribution in [3.05, 3.63) is 60.4 Å². The molecule has 1 aromatic heterocycles. The molecule has 2 aromatic rings. The number of nitrogens with one attached hydrogen (secondary N) is 2. The summed E-state index contributed by atoms with van der Waals surface area (Å²) in [7, 11) is -3.73. The molecule has 2 rings (SSSR count). The molecule has 0 aliphatic rings. The quantitative estimate of drug-likeness (QED) is 0.841. The number of nitrogens with zero attached hydrogens (tertiary/aromatic N) is 1. The van der Waals surface area contributed by atoms with Gasteiger partial charge in [0.25, 0.3) is 0 Å². The minimum absolute atomic E-state index is 0.127. The third-order valence-corrected chi connectivity index (χ3v) is 4.90. The summed E-state index contributed by atoms with van der Waals surface area (Å²) in [5.74, 6) is -0.395. The molecule has 1 unspecified atom stereocenters. The molecule has 7 heteroatoms. The van der Waals surface area contributed by atoms with E-state index in [-0.39, 0.29) is 10.9 Å². The smallest absolute Gasteiger partial charge is 0.241 e. The highest BCUT2D eigenvalue weighted by atomic mass is 32.2. The summed E-state index contributed by atoms with van der Waals surface area (Å²) in [6.45, 7) is 3.33. The van der Waals surface area contributed by atoms with Crippen LogP contribution in [0.2, 0.25) is 0 Å². The topological polar surface area (TPSA) is 88.2 Å². The Balaban J connectivity index is 2.00. The molecular weight excluding hydrogens is 314 g/mol. The van der Waals surface area contributed by atoms with Gasteiger partial charge in [0.2, 0.25) is 15.9 Å². The van der Waals surface area contributed by atoms with Crippen LogP contribution in [0.5, 0.6) is 0 Å². The van der Waals surface area contributed by atoms with Gasteiger partial charge in [0, 0.05) is 12.4 Å². The highest BCUT2D eigenvalue weighted by molar-refractivity contribution is 7.89. The molecule has 0 saturated carbocycles. The summed E-state index contributed by atoms with van der Waals surface area (Å²) in [5.41, 5.74) is 0.895. The highest BCUT2D eigenvalue weighted by Crippen LogP contribution is 2.11. The first-order valence-corrected chi connectivity index (χ1v) is 8.66. The van der Waals surface area contributed by atoms with Crippen LogP contribution in [0.15, 0.2) is 59.8 Å². The van der Waals surface area contributed by atoms with E-state index < -0.39 is 22.0 Å². The van der Waals surface area contributed by atoms with Crippen molar-refractivity contribution in [2.45, 2.75) is 30.8 Å². The fourth-order valence-electron chi connectivity index (χ4n) is 2.03. The minimum atomic E-state index is -3.73. The monoisotopic (exact) mass is 333 g/mol. The SMILES string of the molecule is CC(NC(=O)[C@H](C)NS(=O)(=O)c1ccccc1)c1ccncc1. The molecule has 0 radical (unpaired) electrons. The molecule has 1 heterocycles. The van der Waals surface area contributed by atoms with Gasteiger partial charge in [-0.15, -0.1) is 0 Å². The molecule has 6 nitrogen and oxygen atoms in total. The van der Waals surface area contributed by atoms with Crippen molar-refractivity contribution in [3.63, 3.8) is 0 Å². The summed E-state index contributed by atoms with van der Waals surface area (Å²) in [6, 6.07) is 10.4. The molecule has 0 fully saturated rings. The summed E-state index contributed by atoms with van der Waals surface area (Å²) in [4.78, 5) is 16.2. The van der Waals surface area contributed by atoms with E-state index in [4.69, 9.17) is 0 Å². The van der Waals surface area contributed by atoms with E-state index in [9.17, 15) is 13.2 Å². The number of sulfonamides is 1. The summed E-state index contributed by atoms with van der Waals surface area (Å²) < 4.78 is 26.8. The van der Waals surface area contributed by atoms with Gasteiger partial charge in [0.05, 0.1) is 17.0 Å². The number of aromatic nitrogens is 1. The zero-order valence-corrected chi connectivity index (χ0v) is 13.7. The Morgan fingerprint density at radius 1 is 1.04 bits per heavy atom. The van der Waals surface area contributed by atoms with Crippen molar-refractivity contribution in [2.75, 3.05) is 0 Å². The number of carbonyl (C=O) groups excluding carboxylic acids is 1. The molecule has 1 aromatic carbocycles. The van der Waals surface area contributed by atoms with Crippen LogP contribution in [0.4, 0.5) is 0 Å². The van der Waals surface area contributed by atoms with Crippen LogP contribution in [-0.2, 0) is 14.8 Å². The normalized spacial score (nSPS) is 14.0. The Morgan fingerprint density at radius 2 is 1.65 bits per heavy atom. The van der Waals surface area contributed by atoms with Gasteiger partial charge in [-0.05, 0) is 43.7 Å². The van der Waals surface area contributed by atoms with Gasteiger partial charge < -0.3 is 5.32 Å². The predicted octanol–water partition coefficient (Wildman–Crippen LogP) is 1.63. The molecule has 0 saturated heterocycles. The van der Waals surface area contributed by atoms with Gasteiger partial charge in [0.15, 0.2) is 0 Å². The summed E-state index contributed by atoms with van der Waals surface area (Å²) in [5, 5.41) is 2.78. The van der Waals surface area contributed by atoms with Crippen LogP contribution in [0.3, 0.4) is 0 Å². The Bertz CT molecular complexity index is 749. The van der Waals surface area contributed by atoms with Crippen LogP contribution >= 0.6 is 0 Å². The Labute approximate surface area is 136 Å². The molecule has 2 N–H and O–H groups in total. The molecule has 0 aliphatic heterocycles. The van der Waals surface area contributed by atoms with Gasteiger partial charge in [-0.2, -0.15) is 4.72 Å². The van der Waals surface area contributed by atoms with E-state index in [0.29, 0.717) is 0 Å². The maximum Gasteiger partial charge on any atom is 0.241 e. The van der Waals surface area contributed by atoms with Crippen LogP contribution in [0.1, 0.15) is 25.5 Å². The number of hydrogen-bond acceptors (Lipinski definition) is 4. The Morgan fingerprint density at radius 3 is 2.26 bits per heavy atom. The second kappa shape index (κ2) is 7.34. The number of carbonyl (C=O) groups is 1. The van der Waals surface area contributed by atoms with E-state index in [1.165, 1.54) is 19.1 Å². The van der Waals surface area contributed by atoms with Crippen molar-refractivity contribution in [1.29, 1.82) is 0 Å². The summed E-state index contributed by atoms with van der Waals surface area (Å²) in [6.07, 6.45) is 3.28. The third kappa shape index (κ3) is 4.61. The van der Waals surface area contributed by atoms with E-state index in [2.05, 4.69) is 15.0 Å². The number of benzene rings is 1. The zero-order chi connectivity index (χ0) is 16.9. The minimum Gasteiger partial charge on any atom is -0.348 e. The lowest BCUT2D eigenvalue weighted by Gasteiger charge is -2.18. The van der Waals surface area contributed by atoms with E-state index in [0.717, 1.165) is 5.56 Å². The third-order valence-electron chi connectivity index (χ3n) is 3.34. The number of hydrogen-bond donors (Lipinski definition) is 2. The standard InChI is InChI=1S/C16H19N3O3S/c1-12(14-8-10-17-11-9-14)18-16(20)13(2)19-23(21,22)15-6-4-3-5-7-15/h3-13,19H,1-2H3,(H,18,20)/t12?,13-/m0/s1. The van der Waals surface area contributed by atoms with Crippen molar-refractivity contribution in [1.82, 2.24) is 15.0 Å². The summed E-state index contributed by atoms with van der Waals surface area (Å²) >= 11 is 0. The number of amides is 1. The maximum atomic E-state index is 12.2. The van der Waals surface area contributed by atoms with Crippen molar-refractivity contribution in [2.24, 2.45) is 0 Å². The van der Waals surface area contributed by atoms with Crippen molar-refractivity contribution >= 4 is 15.9 Å². The molecule has 1 amide bonds. The number of pyridine rings is 1. The lowest BCUT2D eigenvalue weighted by atomic mass is 10.1. The molecule has 0 aliphatic carbocycles. The average Bonchev–Trinajstić information content (AvgIpc) is 2.56. The average molecular weight is 333 g/mol. The van der Waals surface area contributed by atoms with Gasteiger partial charge in [-0.25, -0.2) is 8.42 Å².